The van der Waals surface area contributed by atoms with Crippen LogP contribution in [-0.4, -0.2) is 38.9 Å². The molecule has 7 heteroatoms. The Kier molecular flexibility index (Phi) is 6.40. The summed E-state index contributed by atoms with van der Waals surface area (Å²) in [6.07, 6.45) is 0. The first-order valence-corrected chi connectivity index (χ1v) is 12.3. The van der Waals surface area contributed by atoms with Crippen LogP contribution < -0.4 is 4.90 Å². The Labute approximate surface area is 188 Å². The lowest BCUT2D eigenvalue weighted by molar-refractivity contribution is 0.384. The van der Waals surface area contributed by atoms with Crippen LogP contribution in [0, 0.1) is 13.8 Å². The molecule has 2 aromatic rings. The van der Waals surface area contributed by atoms with Gasteiger partial charge in [0.15, 0.2) is 0 Å². The van der Waals surface area contributed by atoms with Gasteiger partial charge >= 0.3 is 0 Å². The Balaban J connectivity index is 1.84. The minimum Gasteiger partial charge on any atom is -0.369 e. The van der Waals surface area contributed by atoms with E-state index in [4.69, 9.17) is 11.6 Å². The number of nitrogens with zero attached hydrogens (tertiary/aromatic N) is 2. The number of benzene rings is 2. The minimum atomic E-state index is -3.55. The summed E-state index contributed by atoms with van der Waals surface area (Å²) in [6.45, 7) is 12.3. The van der Waals surface area contributed by atoms with E-state index in [1.807, 2.05) is 44.2 Å². The molecule has 1 heterocycles. The van der Waals surface area contributed by atoms with Gasteiger partial charge in [0, 0.05) is 41.4 Å². The van der Waals surface area contributed by atoms with Crippen molar-refractivity contribution >= 4 is 43.2 Å². The molecule has 0 amide bonds. The van der Waals surface area contributed by atoms with E-state index in [-0.39, 0.29) is 5.41 Å². The van der Waals surface area contributed by atoms with Crippen LogP contribution in [0.25, 0.3) is 0 Å². The van der Waals surface area contributed by atoms with Gasteiger partial charge in [0.2, 0.25) is 10.0 Å². The fourth-order valence-corrected chi connectivity index (χ4v) is 6.49. The molecule has 1 fully saturated rings. The summed E-state index contributed by atoms with van der Waals surface area (Å²) in [5.41, 5.74) is 3.68. The SMILES string of the molecule is Cc1ccc(N2CCN(S(=O)(=O)c3cc(C(C)(C)C)c(Br)cc3C)CC2)cc1Cl. The Bertz CT molecular complexity index is 1020. The average Bonchev–Trinajstić information content (AvgIpc) is 2.63. The van der Waals surface area contributed by atoms with E-state index in [0.29, 0.717) is 31.1 Å². The summed E-state index contributed by atoms with van der Waals surface area (Å²) in [5, 5.41) is 0.734. The van der Waals surface area contributed by atoms with Gasteiger partial charge in [-0.25, -0.2) is 8.42 Å². The van der Waals surface area contributed by atoms with Crippen molar-refractivity contribution in [1.82, 2.24) is 4.31 Å². The number of sulfonamides is 1. The molecule has 0 atom stereocenters. The van der Waals surface area contributed by atoms with Crippen molar-refractivity contribution in [3.8, 4) is 0 Å². The van der Waals surface area contributed by atoms with E-state index in [9.17, 15) is 8.42 Å². The molecule has 1 saturated heterocycles. The molecule has 0 saturated carbocycles. The van der Waals surface area contributed by atoms with Crippen LogP contribution in [0.3, 0.4) is 0 Å². The van der Waals surface area contributed by atoms with Crippen molar-refractivity contribution in [3.63, 3.8) is 0 Å². The minimum absolute atomic E-state index is 0.153. The largest absolute Gasteiger partial charge is 0.369 e. The van der Waals surface area contributed by atoms with Gasteiger partial charge in [-0.3, -0.25) is 0 Å². The summed E-state index contributed by atoms with van der Waals surface area (Å²) in [7, 11) is -3.55. The number of hydrogen-bond acceptors (Lipinski definition) is 3. The molecule has 0 bridgehead atoms. The molecule has 1 aliphatic heterocycles. The van der Waals surface area contributed by atoms with Gasteiger partial charge < -0.3 is 4.90 Å². The Hall–Kier alpha value is -1.08. The van der Waals surface area contributed by atoms with Crippen molar-refractivity contribution < 1.29 is 8.42 Å². The average molecular weight is 500 g/mol. The van der Waals surface area contributed by atoms with Crippen LogP contribution >= 0.6 is 27.5 Å². The lowest BCUT2D eigenvalue weighted by atomic mass is 9.87. The van der Waals surface area contributed by atoms with Gasteiger partial charge in [0.1, 0.15) is 0 Å². The summed E-state index contributed by atoms with van der Waals surface area (Å²) >= 11 is 9.86. The lowest BCUT2D eigenvalue weighted by Crippen LogP contribution is -2.48. The Morgan fingerprint density at radius 2 is 1.59 bits per heavy atom. The number of aryl methyl sites for hydroxylation is 2. The zero-order valence-corrected chi connectivity index (χ0v) is 20.7. The monoisotopic (exact) mass is 498 g/mol. The Morgan fingerprint density at radius 3 is 2.14 bits per heavy atom. The van der Waals surface area contributed by atoms with E-state index in [0.717, 1.165) is 31.9 Å². The van der Waals surface area contributed by atoms with Crippen LogP contribution in [-0.2, 0) is 15.4 Å². The quantitative estimate of drug-likeness (QED) is 0.558. The molecule has 0 N–H and O–H groups in total. The number of anilines is 1. The second-order valence-corrected chi connectivity index (χ2v) is 11.8. The zero-order valence-electron chi connectivity index (χ0n) is 17.6. The number of hydrogen-bond donors (Lipinski definition) is 0. The van der Waals surface area contributed by atoms with E-state index < -0.39 is 10.0 Å². The maximum Gasteiger partial charge on any atom is 0.243 e. The standard InChI is InChI=1S/C22H28BrClN2O2S/c1-15-6-7-17(13-20(15)24)25-8-10-26(11-9-25)29(27,28)21-14-18(22(3,4)5)19(23)12-16(21)2/h6-7,12-14H,8-11H2,1-5H3. The molecule has 158 valence electrons. The third-order valence-corrected chi connectivity index (χ3v) is 8.55. The topological polar surface area (TPSA) is 40.6 Å². The van der Waals surface area contributed by atoms with Crippen molar-refractivity contribution in [2.75, 3.05) is 31.1 Å². The fraction of sp³-hybridized carbons (Fsp3) is 0.455. The van der Waals surface area contributed by atoms with Crippen LogP contribution in [0.1, 0.15) is 37.5 Å². The molecule has 0 spiro atoms. The smallest absolute Gasteiger partial charge is 0.243 e. The lowest BCUT2D eigenvalue weighted by Gasteiger charge is -2.36. The second-order valence-electron chi connectivity index (χ2n) is 8.67. The first kappa shape index (κ1) is 22.6. The highest BCUT2D eigenvalue weighted by Gasteiger charge is 2.31. The van der Waals surface area contributed by atoms with Gasteiger partial charge in [-0.15, -0.1) is 0 Å². The van der Waals surface area contributed by atoms with Gasteiger partial charge in [-0.1, -0.05) is 54.4 Å². The normalized spacial score (nSPS) is 16.3. The number of piperazine rings is 1. The summed E-state index contributed by atoms with van der Waals surface area (Å²) < 4.78 is 29.4. The van der Waals surface area contributed by atoms with Crippen LogP contribution in [0.4, 0.5) is 5.69 Å². The highest BCUT2D eigenvalue weighted by molar-refractivity contribution is 9.10. The number of halogens is 2. The predicted molar refractivity (Wildman–Crippen MR) is 125 cm³/mol. The van der Waals surface area contributed by atoms with Gasteiger partial charge in [0.25, 0.3) is 0 Å². The molecule has 0 aliphatic carbocycles. The van der Waals surface area contributed by atoms with Crippen molar-refractivity contribution in [3.05, 3.63) is 56.5 Å². The fourth-order valence-electron chi connectivity index (χ4n) is 3.61. The zero-order chi connectivity index (χ0) is 21.6. The van der Waals surface area contributed by atoms with Crippen LogP contribution in [0.2, 0.25) is 5.02 Å². The van der Waals surface area contributed by atoms with Gasteiger partial charge in [0.05, 0.1) is 4.90 Å². The summed E-state index contributed by atoms with van der Waals surface area (Å²) in [5.74, 6) is 0. The Morgan fingerprint density at radius 1 is 0.966 bits per heavy atom. The molecule has 4 nitrogen and oxygen atoms in total. The van der Waals surface area contributed by atoms with E-state index in [1.165, 1.54) is 0 Å². The molecule has 2 aromatic carbocycles. The van der Waals surface area contributed by atoms with Crippen molar-refractivity contribution in [2.45, 2.75) is 44.9 Å². The van der Waals surface area contributed by atoms with Crippen LogP contribution in [0.15, 0.2) is 39.7 Å². The molecule has 29 heavy (non-hydrogen) atoms. The van der Waals surface area contributed by atoms with Crippen molar-refractivity contribution in [2.24, 2.45) is 0 Å². The molecule has 0 aromatic heterocycles. The van der Waals surface area contributed by atoms with Gasteiger partial charge in [-0.05, 0) is 60.2 Å². The second kappa shape index (κ2) is 8.22. The van der Waals surface area contributed by atoms with E-state index in [1.54, 1.807) is 4.31 Å². The van der Waals surface area contributed by atoms with Crippen LogP contribution in [0.5, 0.6) is 0 Å². The summed E-state index contributed by atoms with van der Waals surface area (Å²) in [4.78, 5) is 2.59. The van der Waals surface area contributed by atoms with E-state index in [2.05, 4.69) is 41.6 Å². The molecule has 0 radical (unpaired) electrons. The highest BCUT2D eigenvalue weighted by Crippen LogP contribution is 2.35. The predicted octanol–water partition coefficient (Wildman–Crippen LogP) is 5.53. The summed E-state index contributed by atoms with van der Waals surface area (Å²) in [6, 6.07) is 9.74. The molecule has 3 rings (SSSR count). The third-order valence-electron chi connectivity index (χ3n) is 5.45. The maximum absolute atomic E-state index is 13.4. The first-order valence-electron chi connectivity index (χ1n) is 9.73. The van der Waals surface area contributed by atoms with Crippen molar-refractivity contribution in [1.29, 1.82) is 0 Å². The van der Waals surface area contributed by atoms with Gasteiger partial charge in [-0.2, -0.15) is 4.31 Å². The number of rotatable bonds is 3. The maximum atomic E-state index is 13.4. The molecule has 0 unspecified atom stereocenters. The first-order chi connectivity index (χ1) is 13.4. The third kappa shape index (κ3) is 4.66. The van der Waals surface area contributed by atoms with E-state index >= 15 is 0 Å². The highest BCUT2D eigenvalue weighted by atomic mass is 79.9. The molecule has 1 aliphatic rings. The molecular weight excluding hydrogens is 472 g/mol. The molecular formula is C22H28BrClN2O2S.